The Balaban J connectivity index is 1.50. The van der Waals surface area contributed by atoms with Crippen molar-refractivity contribution in [3.05, 3.63) is 65.4 Å². The summed E-state index contributed by atoms with van der Waals surface area (Å²) >= 11 is 0. The third-order valence-corrected chi connectivity index (χ3v) is 5.82. The predicted molar refractivity (Wildman–Crippen MR) is 125 cm³/mol. The van der Waals surface area contributed by atoms with Gasteiger partial charge in [0.1, 0.15) is 17.3 Å². The molecule has 0 N–H and O–H groups in total. The summed E-state index contributed by atoms with van der Waals surface area (Å²) in [6.45, 7) is 3.72. The zero-order valence-electron chi connectivity index (χ0n) is 19.6. The molecule has 0 aliphatic carbocycles. The van der Waals surface area contributed by atoms with Crippen LogP contribution in [0.15, 0.2) is 48.5 Å². The normalized spacial score (nSPS) is 14.1. The van der Waals surface area contributed by atoms with Crippen molar-refractivity contribution in [1.82, 2.24) is 14.9 Å². The van der Waals surface area contributed by atoms with Crippen LogP contribution >= 0.6 is 0 Å². The number of hydrogen-bond donors (Lipinski definition) is 0. The molecule has 0 radical (unpaired) electrons. The van der Waals surface area contributed by atoms with E-state index < -0.39 is 11.7 Å². The van der Waals surface area contributed by atoms with E-state index >= 15 is 0 Å². The number of aryl methyl sites for hydroxylation is 1. The van der Waals surface area contributed by atoms with Crippen molar-refractivity contribution in [2.24, 2.45) is 0 Å². The molecule has 184 valence electrons. The highest BCUT2D eigenvalue weighted by atomic mass is 19.4. The van der Waals surface area contributed by atoms with Crippen molar-refractivity contribution in [2.75, 3.05) is 45.3 Å². The Morgan fingerprint density at radius 2 is 1.69 bits per heavy atom. The van der Waals surface area contributed by atoms with Crippen LogP contribution in [0.25, 0.3) is 11.4 Å². The fraction of sp³-hybridized carbons (Fsp3) is 0.320. The second-order valence-electron chi connectivity index (χ2n) is 8.12. The highest BCUT2D eigenvalue weighted by molar-refractivity contribution is 5.97. The molecule has 0 saturated carbocycles. The lowest BCUT2D eigenvalue weighted by molar-refractivity contribution is -0.137. The van der Waals surface area contributed by atoms with E-state index in [2.05, 4.69) is 9.97 Å². The van der Waals surface area contributed by atoms with Crippen LogP contribution in [0.1, 0.15) is 21.6 Å². The number of nitrogens with zero attached hydrogens (tertiary/aromatic N) is 4. The molecule has 3 aromatic rings. The quantitative estimate of drug-likeness (QED) is 0.531. The average Bonchev–Trinajstić information content (AvgIpc) is 2.87. The highest BCUT2D eigenvalue weighted by Gasteiger charge is 2.31. The molecular formula is C25H25F3N4O3. The molecule has 2 heterocycles. The molecule has 0 unspecified atom stereocenters. The fourth-order valence-corrected chi connectivity index (χ4v) is 3.96. The number of benzene rings is 2. The second-order valence-corrected chi connectivity index (χ2v) is 8.12. The molecule has 1 aliphatic rings. The van der Waals surface area contributed by atoms with Crippen molar-refractivity contribution in [2.45, 2.75) is 13.1 Å². The minimum Gasteiger partial charge on any atom is -0.497 e. The summed E-state index contributed by atoms with van der Waals surface area (Å²) in [6.07, 6.45) is -4.45. The second kappa shape index (κ2) is 9.81. The number of aromatic nitrogens is 2. The lowest BCUT2D eigenvalue weighted by Crippen LogP contribution is -2.49. The van der Waals surface area contributed by atoms with Gasteiger partial charge in [-0.1, -0.05) is 12.1 Å². The summed E-state index contributed by atoms with van der Waals surface area (Å²) in [6, 6.07) is 11.8. The topological polar surface area (TPSA) is 67.8 Å². The van der Waals surface area contributed by atoms with Crippen LogP contribution < -0.4 is 14.4 Å². The van der Waals surface area contributed by atoms with Crippen LogP contribution in [-0.2, 0) is 6.18 Å². The van der Waals surface area contributed by atoms with Crippen molar-refractivity contribution in [1.29, 1.82) is 0 Å². The number of alkyl halides is 3. The first-order chi connectivity index (χ1) is 16.7. The number of methoxy groups -OCH3 is 2. The molecule has 1 saturated heterocycles. The molecule has 7 nitrogen and oxygen atoms in total. The van der Waals surface area contributed by atoms with Gasteiger partial charge in [0, 0.05) is 49.6 Å². The van der Waals surface area contributed by atoms with Crippen molar-refractivity contribution < 1.29 is 27.4 Å². The Morgan fingerprint density at radius 1 is 0.943 bits per heavy atom. The van der Waals surface area contributed by atoms with Crippen molar-refractivity contribution in [3.8, 4) is 22.9 Å². The van der Waals surface area contributed by atoms with Gasteiger partial charge in [-0.25, -0.2) is 9.97 Å². The molecule has 1 aromatic heterocycles. The van der Waals surface area contributed by atoms with E-state index in [1.54, 1.807) is 49.3 Å². The number of amides is 1. The Bertz CT molecular complexity index is 1220. The predicted octanol–water partition coefficient (Wildman–Crippen LogP) is 4.45. The Hall–Kier alpha value is -3.82. The monoisotopic (exact) mass is 486 g/mol. The van der Waals surface area contributed by atoms with Gasteiger partial charge in [0.2, 0.25) is 0 Å². The third kappa shape index (κ3) is 5.31. The third-order valence-electron chi connectivity index (χ3n) is 5.82. The Morgan fingerprint density at radius 3 is 2.34 bits per heavy atom. The van der Waals surface area contributed by atoms with Gasteiger partial charge in [-0.05, 0) is 31.2 Å². The summed E-state index contributed by atoms with van der Waals surface area (Å²) in [5, 5.41) is 0. The summed E-state index contributed by atoms with van der Waals surface area (Å²) in [5.41, 5.74) is 0.642. The minimum atomic E-state index is -4.45. The van der Waals surface area contributed by atoms with Gasteiger partial charge < -0.3 is 19.3 Å². The summed E-state index contributed by atoms with van der Waals surface area (Å²) in [5.74, 6) is 1.73. The van der Waals surface area contributed by atoms with Gasteiger partial charge in [-0.15, -0.1) is 0 Å². The first-order valence-electron chi connectivity index (χ1n) is 11.0. The van der Waals surface area contributed by atoms with Gasteiger partial charge in [0.25, 0.3) is 5.91 Å². The van der Waals surface area contributed by atoms with Crippen LogP contribution in [0.4, 0.5) is 19.0 Å². The number of carbonyl (C=O) groups is 1. The number of anilines is 1. The summed E-state index contributed by atoms with van der Waals surface area (Å²) < 4.78 is 50.0. The first kappa shape index (κ1) is 24.3. The van der Waals surface area contributed by atoms with Crippen LogP contribution in [0.5, 0.6) is 11.5 Å². The average molecular weight is 486 g/mol. The fourth-order valence-electron chi connectivity index (χ4n) is 3.96. The molecule has 10 heteroatoms. The summed E-state index contributed by atoms with van der Waals surface area (Å²) in [4.78, 5) is 25.7. The number of hydrogen-bond acceptors (Lipinski definition) is 6. The van der Waals surface area contributed by atoms with Crippen LogP contribution in [0.3, 0.4) is 0 Å². The van der Waals surface area contributed by atoms with Gasteiger partial charge in [-0.2, -0.15) is 13.2 Å². The van der Waals surface area contributed by atoms with E-state index in [0.29, 0.717) is 60.3 Å². The lowest BCUT2D eigenvalue weighted by Gasteiger charge is -2.35. The molecule has 1 aliphatic heterocycles. The molecule has 0 atom stereocenters. The van der Waals surface area contributed by atoms with Gasteiger partial charge in [0.05, 0.1) is 25.3 Å². The number of rotatable bonds is 5. The molecule has 0 bridgehead atoms. The molecule has 0 spiro atoms. The molecule has 4 rings (SSSR count). The maximum atomic E-state index is 13.1. The van der Waals surface area contributed by atoms with E-state index in [9.17, 15) is 18.0 Å². The van der Waals surface area contributed by atoms with Crippen molar-refractivity contribution in [3.63, 3.8) is 0 Å². The molecule has 2 aromatic carbocycles. The maximum absolute atomic E-state index is 13.1. The molecule has 1 amide bonds. The molecule has 35 heavy (non-hydrogen) atoms. The van der Waals surface area contributed by atoms with Gasteiger partial charge in [0.15, 0.2) is 5.82 Å². The van der Waals surface area contributed by atoms with E-state index in [1.807, 2.05) is 4.90 Å². The minimum absolute atomic E-state index is 0.146. The van der Waals surface area contributed by atoms with Gasteiger partial charge >= 0.3 is 6.18 Å². The van der Waals surface area contributed by atoms with Crippen LogP contribution in [0.2, 0.25) is 0 Å². The number of carbonyl (C=O) groups excluding carboxylic acids is 1. The van der Waals surface area contributed by atoms with Crippen LogP contribution in [0, 0.1) is 6.92 Å². The van der Waals surface area contributed by atoms with E-state index in [-0.39, 0.29) is 11.7 Å². The molecular weight excluding hydrogens is 461 g/mol. The van der Waals surface area contributed by atoms with Crippen molar-refractivity contribution >= 4 is 11.7 Å². The SMILES string of the molecule is COc1ccc(C(=O)N2CCN(c3cc(C)nc(-c4cccc(C(F)(F)F)c4)n3)CC2)c(OC)c1. The zero-order valence-corrected chi connectivity index (χ0v) is 19.6. The van der Waals surface area contributed by atoms with E-state index in [1.165, 1.54) is 13.2 Å². The van der Waals surface area contributed by atoms with E-state index in [4.69, 9.17) is 9.47 Å². The Kier molecular flexibility index (Phi) is 6.81. The smallest absolute Gasteiger partial charge is 0.416 e. The summed E-state index contributed by atoms with van der Waals surface area (Å²) in [7, 11) is 3.05. The number of halogens is 3. The largest absolute Gasteiger partial charge is 0.497 e. The van der Waals surface area contributed by atoms with Gasteiger partial charge in [-0.3, -0.25) is 4.79 Å². The number of ether oxygens (including phenoxy) is 2. The molecule has 1 fully saturated rings. The maximum Gasteiger partial charge on any atom is 0.416 e. The van der Waals surface area contributed by atoms with Crippen LogP contribution in [-0.4, -0.2) is 61.2 Å². The Labute approximate surface area is 201 Å². The lowest BCUT2D eigenvalue weighted by atomic mass is 10.1. The van der Waals surface area contributed by atoms with E-state index in [0.717, 1.165) is 12.1 Å². The number of piperazine rings is 1. The highest BCUT2D eigenvalue weighted by Crippen LogP contribution is 2.32. The standard InChI is InChI=1S/C25H25F3N4O3/c1-16-13-22(30-23(29-16)17-5-4-6-18(14-17)25(26,27)28)31-9-11-32(12-10-31)24(33)20-8-7-19(34-2)15-21(20)35-3/h4-8,13-15H,9-12H2,1-3H3. The first-order valence-corrected chi connectivity index (χ1v) is 11.0. The zero-order chi connectivity index (χ0) is 25.2.